The summed E-state index contributed by atoms with van der Waals surface area (Å²) in [5, 5.41) is 7.24. The largest absolute Gasteiger partial charge is 0.306 e. The molecule has 0 fully saturated rings. The number of imidazole rings is 1. The summed E-state index contributed by atoms with van der Waals surface area (Å²) in [6.45, 7) is 9.31. The Morgan fingerprint density at radius 2 is 2.25 bits per heavy atom. The molecule has 0 spiro atoms. The number of allylic oxidation sites excluding steroid dienone is 5. The fraction of sp³-hybridized carbons (Fsp3) is 0.0769. The molecule has 0 aromatic carbocycles. The first-order valence-corrected chi connectivity index (χ1v) is 4.94. The van der Waals surface area contributed by atoms with Crippen molar-refractivity contribution in [3.05, 3.63) is 55.2 Å². The van der Waals surface area contributed by atoms with Gasteiger partial charge in [-0.15, -0.1) is 0 Å². The maximum absolute atomic E-state index is 7.24. The van der Waals surface area contributed by atoms with E-state index in [1.54, 1.807) is 18.5 Å². The molecule has 0 atom stereocenters. The van der Waals surface area contributed by atoms with E-state index in [4.69, 9.17) is 5.41 Å². The van der Waals surface area contributed by atoms with Crippen LogP contribution in [0.3, 0.4) is 0 Å². The van der Waals surface area contributed by atoms with Crippen molar-refractivity contribution in [2.45, 2.75) is 6.92 Å². The minimum Gasteiger partial charge on any atom is -0.306 e. The highest BCUT2D eigenvalue weighted by molar-refractivity contribution is 5.81. The van der Waals surface area contributed by atoms with E-state index < -0.39 is 0 Å². The Morgan fingerprint density at radius 1 is 1.50 bits per heavy atom. The molecule has 0 aliphatic heterocycles. The smallest absolute Gasteiger partial charge is 0.106 e. The van der Waals surface area contributed by atoms with Gasteiger partial charge >= 0.3 is 0 Å². The molecular weight excluding hydrogens is 198 g/mol. The Balaban J connectivity index is 3.25. The molecule has 0 saturated carbocycles. The van der Waals surface area contributed by atoms with E-state index in [9.17, 15) is 0 Å². The number of nitrogens with one attached hydrogen (secondary N) is 1. The molecule has 0 radical (unpaired) electrons. The van der Waals surface area contributed by atoms with Crippen LogP contribution >= 0.6 is 0 Å². The second-order valence-electron chi connectivity index (χ2n) is 3.04. The highest BCUT2D eigenvalue weighted by atomic mass is 15.1. The van der Waals surface area contributed by atoms with Gasteiger partial charge in [-0.25, -0.2) is 4.98 Å². The van der Waals surface area contributed by atoms with E-state index in [1.165, 1.54) is 6.21 Å². The lowest BCUT2D eigenvalue weighted by molar-refractivity contribution is 1.08. The van der Waals surface area contributed by atoms with Crippen LogP contribution in [0.15, 0.2) is 43.8 Å². The van der Waals surface area contributed by atoms with E-state index in [1.807, 2.05) is 29.7 Å². The van der Waals surface area contributed by atoms with Gasteiger partial charge in [-0.2, -0.15) is 0 Å². The Hall–Kier alpha value is -2.16. The molecule has 1 N–H and O–H groups in total. The summed E-state index contributed by atoms with van der Waals surface area (Å²) < 4.78 is 1.88. The maximum Gasteiger partial charge on any atom is 0.106 e. The third-order valence-corrected chi connectivity index (χ3v) is 2.14. The molecule has 1 rings (SSSR count). The number of aromatic nitrogens is 2. The van der Waals surface area contributed by atoms with E-state index in [0.717, 1.165) is 11.4 Å². The number of rotatable bonds is 5. The Bertz CT molecular complexity index is 462. The van der Waals surface area contributed by atoms with Crippen LogP contribution < -0.4 is 0 Å². The fourth-order valence-electron chi connectivity index (χ4n) is 1.37. The average Bonchev–Trinajstić information content (AvgIpc) is 2.73. The molecule has 3 heteroatoms. The topological polar surface area (TPSA) is 41.7 Å². The maximum atomic E-state index is 7.24. The summed E-state index contributed by atoms with van der Waals surface area (Å²) >= 11 is 0. The molecule has 1 heterocycles. The zero-order chi connectivity index (χ0) is 12.0. The quantitative estimate of drug-likeness (QED) is 0.592. The molecule has 3 nitrogen and oxygen atoms in total. The van der Waals surface area contributed by atoms with E-state index in [-0.39, 0.29) is 0 Å². The van der Waals surface area contributed by atoms with Crippen molar-refractivity contribution < 1.29 is 0 Å². The first-order chi connectivity index (χ1) is 7.78. The van der Waals surface area contributed by atoms with Crippen molar-refractivity contribution in [1.82, 2.24) is 9.55 Å². The summed E-state index contributed by atoms with van der Waals surface area (Å²) in [6.07, 6.45) is 12.0. The molecule has 0 bridgehead atoms. The number of hydrogen-bond donors (Lipinski definition) is 1. The minimum absolute atomic E-state index is 0.612. The molecule has 82 valence electrons. The Kier molecular flexibility index (Phi) is 4.21. The second-order valence-corrected chi connectivity index (χ2v) is 3.04. The van der Waals surface area contributed by atoms with Crippen LogP contribution in [-0.4, -0.2) is 15.8 Å². The number of hydrogen-bond acceptors (Lipinski definition) is 2. The first kappa shape index (κ1) is 11.9. The summed E-state index contributed by atoms with van der Waals surface area (Å²) in [5.74, 6) is 0. The van der Waals surface area contributed by atoms with E-state index in [2.05, 4.69) is 18.1 Å². The lowest BCUT2D eigenvalue weighted by Gasteiger charge is -2.05. The van der Waals surface area contributed by atoms with Gasteiger partial charge in [0.1, 0.15) is 12.0 Å². The Labute approximate surface area is 95.6 Å². The SMILES string of the molecule is C=C/C=C\C(=C/C)n1cnc(C=N)c1C=C. The van der Waals surface area contributed by atoms with Crippen molar-refractivity contribution in [3.8, 4) is 0 Å². The average molecular weight is 213 g/mol. The van der Waals surface area contributed by atoms with Crippen molar-refractivity contribution in [1.29, 1.82) is 5.41 Å². The molecule has 0 aliphatic carbocycles. The summed E-state index contributed by atoms with van der Waals surface area (Å²) in [4.78, 5) is 4.13. The second kappa shape index (κ2) is 5.66. The minimum atomic E-state index is 0.612. The van der Waals surface area contributed by atoms with Crippen LogP contribution in [0, 0.1) is 5.41 Å². The van der Waals surface area contributed by atoms with E-state index in [0.29, 0.717) is 5.69 Å². The zero-order valence-corrected chi connectivity index (χ0v) is 9.35. The highest BCUT2D eigenvalue weighted by Crippen LogP contribution is 2.15. The molecule has 0 amide bonds. The number of nitrogens with zero attached hydrogens (tertiary/aromatic N) is 2. The van der Waals surface area contributed by atoms with E-state index >= 15 is 0 Å². The van der Waals surface area contributed by atoms with Gasteiger partial charge in [0.15, 0.2) is 0 Å². The van der Waals surface area contributed by atoms with Gasteiger partial charge in [0.2, 0.25) is 0 Å². The molecule has 16 heavy (non-hydrogen) atoms. The van der Waals surface area contributed by atoms with Crippen LogP contribution in [0.2, 0.25) is 0 Å². The third kappa shape index (κ3) is 2.25. The summed E-state index contributed by atoms with van der Waals surface area (Å²) in [6, 6.07) is 0. The van der Waals surface area contributed by atoms with Gasteiger partial charge in [0.05, 0.1) is 5.69 Å². The molecule has 1 aromatic rings. The van der Waals surface area contributed by atoms with Crippen molar-refractivity contribution in [2.75, 3.05) is 0 Å². The predicted octanol–water partition coefficient (Wildman–Crippen LogP) is 3.13. The summed E-state index contributed by atoms with van der Waals surface area (Å²) in [7, 11) is 0. The van der Waals surface area contributed by atoms with Crippen molar-refractivity contribution in [2.24, 2.45) is 0 Å². The standard InChI is InChI=1S/C13H15N3/c1-4-7-8-11(5-2)16-10-15-12(9-14)13(16)6-3/h4-10,14H,1,3H2,2H3/b8-7-,11-5+,14-9?. The van der Waals surface area contributed by atoms with Gasteiger partial charge in [0.25, 0.3) is 0 Å². The van der Waals surface area contributed by atoms with Crippen molar-refractivity contribution in [3.63, 3.8) is 0 Å². The van der Waals surface area contributed by atoms with Crippen LogP contribution in [0.5, 0.6) is 0 Å². The highest BCUT2D eigenvalue weighted by Gasteiger charge is 2.06. The van der Waals surface area contributed by atoms with Crippen LogP contribution in [0.1, 0.15) is 18.3 Å². The van der Waals surface area contributed by atoms with Gasteiger partial charge in [0, 0.05) is 11.9 Å². The first-order valence-electron chi connectivity index (χ1n) is 4.94. The van der Waals surface area contributed by atoms with Gasteiger partial charge < -0.3 is 5.41 Å². The monoisotopic (exact) mass is 213 g/mol. The van der Waals surface area contributed by atoms with Gasteiger partial charge in [-0.3, -0.25) is 4.57 Å². The molecular formula is C13H15N3. The van der Waals surface area contributed by atoms with Crippen LogP contribution in [-0.2, 0) is 0 Å². The normalized spacial score (nSPS) is 11.7. The van der Waals surface area contributed by atoms with Crippen molar-refractivity contribution >= 4 is 18.0 Å². The lowest BCUT2D eigenvalue weighted by atomic mass is 10.3. The Morgan fingerprint density at radius 3 is 2.75 bits per heavy atom. The molecule has 0 aliphatic rings. The zero-order valence-electron chi connectivity index (χ0n) is 9.35. The summed E-state index contributed by atoms with van der Waals surface area (Å²) in [5.41, 5.74) is 2.40. The molecule has 1 aromatic heterocycles. The lowest BCUT2D eigenvalue weighted by Crippen LogP contribution is -1.96. The third-order valence-electron chi connectivity index (χ3n) is 2.14. The molecule has 0 unspecified atom stereocenters. The van der Waals surface area contributed by atoms with Crippen LogP contribution in [0.25, 0.3) is 11.8 Å². The van der Waals surface area contributed by atoms with Gasteiger partial charge in [-0.1, -0.05) is 31.4 Å². The molecule has 0 saturated heterocycles. The van der Waals surface area contributed by atoms with Gasteiger partial charge in [-0.05, 0) is 19.1 Å². The van der Waals surface area contributed by atoms with Crippen LogP contribution in [0.4, 0.5) is 0 Å². The predicted molar refractivity (Wildman–Crippen MR) is 69.5 cm³/mol. The fourth-order valence-corrected chi connectivity index (χ4v) is 1.37.